The number of hydrogen-bond donors (Lipinski definition) is 2. The zero-order chi connectivity index (χ0) is 14.1. The van der Waals surface area contributed by atoms with Gasteiger partial charge in [-0.1, -0.05) is 54.6 Å². The molecular weight excluding hydrogens is 240 g/mol. The van der Waals surface area contributed by atoms with Gasteiger partial charge in [-0.25, -0.2) is 0 Å². The van der Waals surface area contributed by atoms with Crippen LogP contribution in [0.3, 0.4) is 0 Å². The molecular formula is C16H16O3. The van der Waals surface area contributed by atoms with E-state index in [0.717, 1.165) is 12.5 Å². The van der Waals surface area contributed by atoms with Crippen molar-refractivity contribution < 1.29 is 15.0 Å². The Kier molecular flexibility index (Phi) is 5.89. The highest BCUT2D eigenvalue weighted by Gasteiger charge is 1.88. The van der Waals surface area contributed by atoms with Crippen LogP contribution in [0.15, 0.2) is 54.6 Å². The zero-order valence-electron chi connectivity index (χ0n) is 10.7. The maximum Gasteiger partial charge on any atom is 0.300 e. The second kappa shape index (κ2) is 7.71. The summed E-state index contributed by atoms with van der Waals surface area (Å²) in [6.07, 6.45) is 4.07. The van der Waals surface area contributed by atoms with Gasteiger partial charge in [-0.05, 0) is 23.3 Å². The third-order valence-corrected chi connectivity index (χ3v) is 2.16. The van der Waals surface area contributed by atoms with Crippen LogP contribution < -0.4 is 0 Å². The largest absolute Gasteiger partial charge is 0.508 e. The molecule has 0 heterocycles. The molecule has 0 amide bonds. The molecule has 19 heavy (non-hydrogen) atoms. The first kappa shape index (κ1) is 14.5. The number of carbonyl (C=O) groups is 1. The second-order valence-corrected chi connectivity index (χ2v) is 3.85. The van der Waals surface area contributed by atoms with E-state index in [-0.39, 0.29) is 0 Å². The van der Waals surface area contributed by atoms with E-state index in [1.165, 1.54) is 5.56 Å². The number of aliphatic carboxylic acids is 1. The molecule has 0 spiro atoms. The average molecular weight is 256 g/mol. The summed E-state index contributed by atoms with van der Waals surface area (Å²) in [4.78, 5) is 9.00. The lowest BCUT2D eigenvalue weighted by Crippen LogP contribution is -1.78. The van der Waals surface area contributed by atoms with Crippen LogP contribution in [0.5, 0.6) is 5.75 Å². The van der Waals surface area contributed by atoms with Crippen molar-refractivity contribution in [2.75, 3.05) is 0 Å². The highest BCUT2D eigenvalue weighted by molar-refractivity contribution is 5.69. The molecule has 2 aromatic carbocycles. The Balaban J connectivity index is 0.000000399. The normalized spacial score (nSPS) is 9.74. The molecule has 3 nitrogen and oxygen atoms in total. The summed E-state index contributed by atoms with van der Waals surface area (Å²) >= 11 is 0. The smallest absolute Gasteiger partial charge is 0.300 e. The van der Waals surface area contributed by atoms with Crippen LogP contribution in [-0.2, 0) is 4.79 Å². The summed E-state index contributed by atoms with van der Waals surface area (Å²) in [6, 6.07) is 17.3. The fraction of sp³-hybridized carbons (Fsp3) is 0.0625. The van der Waals surface area contributed by atoms with Gasteiger partial charge in [0.05, 0.1) is 0 Å². The second-order valence-electron chi connectivity index (χ2n) is 3.85. The van der Waals surface area contributed by atoms with E-state index in [4.69, 9.17) is 15.0 Å². The van der Waals surface area contributed by atoms with Gasteiger partial charge in [0.1, 0.15) is 5.75 Å². The predicted octanol–water partition coefficient (Wildman–Crippen LogP) is 3.65. The van der Waals surface area contributed by atoms with Gasteiger partial charge < -0.3 is 10.2 Å². The van der Waals surface area contributed by atoms with E-state index in [9.17, 15) is 0 Å². The van der Waals surface area contributed by atoms with Crippen molar-refractivity contribution in [2.24, 2.45) is 0 Å². The van der Waals surface area contributed by atoms with Crippen molar-refractivity contribution in [3.63, 3.8) is 0 Å². The Hall–Kier alpha value is -2.55. The topological polar surface area (TPSA) is 57.5 Å². The minimum Gasteiger partial charge on any atom is -0.508 e. The van der Waals surface area contributed by atoms with Crippen molar-refractivity contribution in [3.8, 4) is 5.75 Å². The van der Waals surface area contributed by atoms with Gasteiger partial charge in [0.25, 0.3) is 5.97 Å². The minimum absolute atomic E-state index is 0.298. The summed E-state index contributed by atoms with van der Waals surface area (Å²) in [6.45, 7) is 1.08. The van der Waals surface area contributed by atoms with Crippen molar-refractivity contribution in [3.05, 3.63) is 65.7 Å². The molecule has 0 aromatic heterocycles. The number of phenols is 1. The number of phenolic OH excluding ortho intramolecular Hbond substituents is 1. The summed E-state index contributed by atoms with van der Waals surface area (Å²) in [7, 11) is 0. The van der Waals surface area contributed by atoms with Crippen molar-refractivity contribution in [1.82, 2.24) is 0 Å². The molecule has 0 atom stereocenters. The minimum atomic E-state index is -0.833. The van der Waals surface area contributed by atoms with Crippen molar-refractivity contribution >= 4 is 18.1 Å². The fourth-order valence-corrected chi connectivity index (χ4v) is 1.34. The number of rotatable bonds is 2. The molecule has 3 heteroatoms. The monoisotopic (exact) mass is 256 g/mol. The van der Waals surface area contributed by atoms with Crippen LogP contribution in [0, 0.1) is 0 Å². The van der Waals surface area contributed by atoms with E-state index in [2.05, 4.69) is 12.1 Å². The maximum atomic E-state index is 9.12. The van der Waals surface area contributed by atoms with E-state index < -0.39 is 5.97 Å². The van der Waals surface area contributed by atoms with Crippen LogP contribution >= 0.6 is 0 Å². The number of carboxylic acids is 1. The molecule has 0 fully saturated rings. The molecule has 0 aliphatic carbocycles. The Morgan fingerprint density at radius 2 is 1.32 bits per heavy atom. The Bertz CT molecular complexity index is 524. The van der Waals surface area contributed by atoms with Crippen LogP contribution in [0.4, 0.5) is 0 Å². The van der Waals surface area contributed by atoms with Gasteiger partial charge >= 0.3 is 0 Å². The first-order valence-electron chi connectivity index (χ1n) is 5.79. The van der Waals surface area contributed by atoms with Gasteiger partial charge in [0, 0.05) is 6.92 Å². The molecule has 98 valence electrons. The maximum absolute atomic E-state index is 9.12. The quantitative estimate of drug-likeness (QED) is 0.806. The molecule has 0 saturated carbocycles. The molecule has 0 saturated heterocycles. The van der Waals surface area contributed by atoms with Gasteiger partial charge in [0.2, 0.25) is 0 Å². The average Bonchev–Trinajstić information content (AvgIpc) is 2.39. The number of carboxylic acid groups (broad SMARTS) is 1. The first-order valence-corrected chi connectivity index (χ1v) is 5.79. The summed E-state index contributed by atoms with van der Waals surface area (Å²) in [5, 5.41) is 16.5. The van der Waals surface area contributed by atoms with Gasteiger partial charge in [-0.2, -0.15) is 0 Å². The molecule has 2 aromatic rings. The summed E-state index contributed by atoms with van der Waals surface area (Å²) in [5.74, 6) is -0.535. The number of aromatic hydroxyl groups is 1. The molecule has 0 unspecified atom stereocenters. The lowest BCUT2D eigenvalue weighted by Gasteiger charge is -1.94. The van der Waals surface area contributed by atoms with E-state index in [1.54, 1.807) is 12.1 Å². The predicted molar refractivity (Wildman–Crippen MR) is 76.8 cm³/mol. The molecule has 0 bridgehead atoms. The van der Waals surface area contributed by atoms with Gasteiger partial charge in [0.15, 0.2) is 0 Å². The lowest BCUT2D eigenvalue weighted by atomic mass is 10.1. The highest BCUT2D eigenvalue weighted by atomic mass is 16.4. The van der Waals surface area contributed by atoms with Crippen molar-refractivity contribution in [2.45, 2.75) is 6.92 Å². The van der Waals surface area contributed by atoms with E-state index in [1.807, 2.05) is 42.5 Å². The lowest BCUT2D eigenvalue weighted by molar-refractivity contribution is -0.134. The van der Waals surface area contributed by atoms with Crippen LogP contribution in [-0.4, -0.2) is 16.2 Å². The van der Waals surface area contributed by atoms with Gasteiger partial charge in [-0.3, -0.25) is 4.79 Å². The number of benzene rings is 2. The molecule has 0 aliphatic rings. The van der Waals surface area contributed by atoms with E-state index in [0.29, 0.717) is 5.75 Å². The summed E-state index contributed by atoms with van der Waals surface area (Å²) in [5.41, 5.74) is 2.25. The molecule has 2 rings (SSSR count). The van der Waals surface area contributed by atoms with E-state index >= 15 is 0 Å². The molecule has 0 radical (unpaired) electrons. The third-order valence-electron chi connectivity index (χ3n) is 2.16. The van der Waals surface area contributed by atoms with Gasteiger partial charge in [-0.15, -0.1) is 0 Å². The third kappa shape index (κ3) is 6.68. The first-order chi connectivity index (χ1) is 9.08. The molecule has 0 aliphatic heterocycles. The summed E-state index contributed by atoms with van der Waals surface area (Å²) < 4.78 is 0. The standard InChI is InChI=1S/C14H12O.C2H4O2/c15-14-10-8-13(9-11-14)7-6-12-4-2-1-3-5-12;1-2(3)4/h1-11,15H;1H3,(H,3,4). The Morgan fingerprint density at radius 1 is 0.895 bits per heavy atom. The van der Waals surface area contributed by atoms with Crippen LogP contribution in [0.2, 0.25) is 0 Å². The van der Waals surface area contributed by atoms with Crippen LogP contribution in [0.25, 0.3) is 12.2 Å². The zero-order valence-corrected chi connectivity index (χ0v) is 10.7. The fourth-order valence-electron chi connectivity index (χ4n) is 1.34. The van der Waals surface area contributed by atoms with Crippen molar-refractivity contribution in [1.29, 1.82) is 0 Å². The number of hydrogen-bond acceptors (Lipinski definition) is 2. The Labute approximate surface area is 112 Å². The highest BCUT2D eigenvalue weighted by Crippen LogP contribution is 2.12. The molecule has 2 N–H and O–H groups in total. The van der Waals surface area contributed by atoms with Crippen LogP contribution in [0.1, 0.15) is 18.1 Å². The Morgan fingerprint density at radius 3 is 1.79 bits per heavy atom. The SMILES string of the molecule is CC(=O)O.Oc1ccc(C=Cc2ccccc2)cc1.